The molecule has 0 unspecified atom stereocenters. The zero-order valence-electron chi connectivity index (χ0n) is 8.38. The van der Waals surface area contributed by atoms with E-state index in [1.807, 2.05) is 0 Å². The van der Waals surface area contributed by atoms with Gasteiger partial charge in [0.2, 0.25) is 0 Å². The minimum atomic E-state index is 0.257. The van der Waals surface area contributed by atoms with Crippen LogP contribution >= 0.6 is 0 Å². The van der Waals surface area contributed by atoms with Crippen molar-refractivity contribution < 1.29 is 5.11 Å². The summed E-state index contributed by atoms with van der Waals surface area (Å²) in [6.07, 6.45) is 0. The van der Waals surface area contributed by atoms with Crippen LogP contribution in [0.15, 0.2) is 0 Å². The molecule has 0 atom stereocenters. The van der Waals surface area contributed by atoms with Gasteiger partial charge < -0.3 is 5.11 Å². The second kappa shape index (κ2) is 3.73. The van der Waals surface area contributed by atoms with E-state index < -0.39 is 0 Å². The summed E-state index contributed by atoms with van der Waals surface area (Å²) in [7, 11) is 2.16. The van der Waals surface area contributed by atoms with Crippen LogP contribution in [0.3, 0.4) is 0 Å². The molecule has 0 aromatic carbocycles. The molecule has 1 fully saturated rings. The highest BCUT2D eigenvalue weighted by Crippen LogP contribution is 2.17. The van der Waals surface area contributed by atoms with Crippen molar-refractivity contribution in [2.75, 3.05) is 39.8 Å². The maximum Gasteiger partial charge on any atom is 0.0558 e. The molecule has 1 heterocycles. The summed E-state index contributed by atoms with van der Waals surface area (Å²) in [6.45, 7) is 8.84. The van der Waals surface area contributed by atoms with Gasteiger partial charge in [0.25, 0.3) is 0 Å². The molecule has 1 N–H and O–H groups in total. The Morgan fingerprint density at radius 1 is 1.33 bits per heavy atom. The first-order chi connectivity index (χ1) is 5.56. The van der Waals surface area contributed by atoms with Gasteiger partial charge in [-0.3, -0.25) is 9.80 Å². The van der Waals surface area contributed by atoms with Crippen LogP contribution in [0.25, 0.3) is 0 Å². The van der Waals surface area contributed by atoms with Gasteiger partial charge >= 0.3 is 0 Å². The molecule has 3 heteroatoms. The fourth-order valence-electron chi connectivity index (χ4n) is 1.67. The van der Waals surface area contributed by atoms with Crippen LogP contribution in [0.4, 0.5) is 0 Å². The number of hydrogen-bond donors (Lipinski definition) is 1. The predicted molar refractivity (Wildman–Crippen MR) is 50.2 cm³/mol. The molecule has 1 rings (SSSR count). The molecule has 0 spiro atoms. The Balaban J connectivity index is 2.45. The number of aliphatic hydroxyl groups is 1. The minimum absolute atomic E-state index is 0.257. The largest absolute Gasteiger partial charge is 0.395 e. The smallest absolute Gasteiger partial charge is 0.0558 e. The van der Waals surface area contributed by atoms with E-state index >= 15 is 0 Å². The number of nitrogens with zero attached hydrogens (tertiary/aromatic N) is 2. The molecule has 1 saturated heterocycles. The Morgan fingerprint density at radius 2 is 2.00 bits per heavy atom. The SMILES string of the molecule is CN1CCN(CCO)CC1(C)C. The lowest BCUT2D eigenvalue weighted by atomic mass is 10.00. The maximum atomic E-state index is 8.80. The topological polar surface area (TPSA) is 26.7 Å². The van der Waals surface area contributed by atoms with Crippen LogP contribution < -0.4 is 0 Å². The molecule has 3 nitrogen and oxygen atoms in total. The van der Waals surface area contributed by atoms with Crippen molar-refractivity contribution in [3.63, 3.8) is 0 Å². The average Bonchev–Trinajstić information content (AvgIpc) is 1.97. The molecular weight excluding hydrogens is 152 g/mol. The summed E-state index contributed by atoms with van der Waals surface area (Å²) in [5.74, 6) is 0. The van der Waals surface area contributed by atoms with Crippen LogP contribution in [-0.2, 0) is 0 Å². The second-order valence-corrected chi connectivity index (χ2v) is 4.23. The quantitative estimate of drug-likeness (QED) is 0.635. The van der Waals surface area contributed by atoms with Crippen LogP contribution in [0.5, 0.6) is 0 Å². The van der Waals surface area contributed by atoms with Gasteiger partial charge in [0, 0.05) is 31.7 Å². The van der Waals surface area contributed by atoms with Gasteiger partial charge in [-0.25, -0.2) is 0 Å². The third-order valence-corrected chi connectivity index (χ3v) is 2.81. The zero-order chi connectivity index (χ0) is 9.19. The first kappa shape index (κ1) is 9.96. The Labute approximate surface area is 75.0 Å². The summed E-state index contributed by atoms with van der Waals surface area (Å²) in [4.78, 5) is 4.70. The van der Waals surface area contributed by atoms with Gasteiger partial charge in [0.1, 0.15) is 0 Å². The maximum absolute atomic E-state index is 8.80. The predicted octanol–water partition coefficient (Wildman–Crippen LogP) is 0.00470. The van der Waals surface area contributed by atoms with E-state index in [4.69, 9.17) is 5.11 Å². The van der Waals surface area contributed by atoms with Crippen molar-refractivity contribution in [3.8, 4) is 0 Å². The van der Waals surface area contributed by atoms with Crippen molar-refractivity contribution in [2.24, 2.45) is 0 Å². The summed E-state index contributed by atoms with van der Waals surface area (Å²) < 4.78 is 0. The molecule has 12 heavy (non-hydrogen) atoms. The van der Waals surface area contributed by atoms with E-state index in [2.05, 4.69) is 30.7 Å². The minimum Gasteiger partial charge on any atom is -0.395 e. The summed E-state index contributed by atoms with van der Waals surface area (Å²) >= 11 is 0. The number of likely N-dealkylation sites (N-methyl/N-ethyl adjacent to an activating group) is 1. The van der Waals surface area contributed by atoms with Gasteiger partial charge in [0.15, 0.2) is 0 Å². The molecule has 0 saturated carbocycles. The highest BCUT2D eigenvalue weighted by molar-refractivity contribution is 4.87. The van der Waals surface area contributed by atoms with Crippen LogP contribution in [0, 0.1) is 0 Å². The Morgan fingerprint density at radius 3 is 2.50 bits per heavy atom. The third kappa shape index (κ3) is 2.19. The van der Waals surface area contributed by atoms with Gasteiger partial charge in [-0.15, -0.1) is 0 Å². The van der Waals surface area contributed by atoms with E-state index in [0.29, 0.717) is 0 Å². The normalized spacial score (nSPS) is 26.0. The third-order valence-electron chi connectivity index (χ3n) is 2.81. The van der Waals surface area contributed by atoms with Crippen LogP contribution in [0.1, 0.15) is 13.8 Å². The standard InChI is InChI=1S/C9H20N2O/c1-9(2)8-11(6-7-12)5-4-10(9)3/h12H,4-8H2,1-3H3. The van der Waals surface area contributed by atoms with E-state index in [-0.39, 0.29) is 12.1 Å². The molecule has 0 radical (unpaired) electrons. The van der Waals surface area contributed by atoms with Crippen molar-refractivity contribution in [1.29, 1.82) is 0 Å². The van der Waals surface area contributed by atoms with E-state index in [1.165, 1.54) is 0 Å². The molecule has 1 aliphatic heterocycles. The molecular formula is C9H20N2O. The Hall–Kier alpha value is -0.120. The molecule has 0 aliphatic carbocycles. The molecule has 0 aromatic rings. The van der Waals surface area contributed by atoms with Crippen LogP contribution in [0.2, 0.25) is 0 Å². The van der Waals surface area contributed by atoms with Gasteiger partial charge in [-0.2, -0.15) is 0 Å². The van der Waals surface area contributed by atoms with Gasteiger partial charge in [-0.05, 0) is 20.9 Å². The van der Waals surface area contributed by atoms with Crippen molar-refractivity contribution in [1.82, 2.24) is 9.80 Å². The summed E-state index contributed by atoms with van der Waals surface area (Å²) in [5.41, 5.74) is 0.257. The summed E-state index contributed by atoms with van der Waals surface area (Å²) in [5, 5.41) is 8.80. The lowest BCUT2D eigenvalue weighted by Gasteiger charge is -2.45. The van der Waals surface area contributed by atoms with Gasteiger partial charge in [0.05, 0.1) is 6.61 Å². The molecule has 0 aromatic heterocycles. The Bertz CT molecular complexity index is 147. The average molecular weight is 172 g/mol. The summed E-state index contributed by atoms with van der Waals surface area (Å²) in [6, 6.07) is 0. The van der Waals surface area contributed by atoms with Crippen molar-refractivity contribution in [2.45, 2.75) is 19.4 Å². The molecule has 0 amide bonds. The zero-order valence-corrected chi connectivity index (χ0v) is 8.38. The first-order valence-electron chi connectivity index (χ1n) is 4.61. The Kier molecular flexibility index (Phi) is 3.09. The fourth-order valence-corrected chi connectivity index (χ4v) is 1.67. The van der Waals surface area contributed by atoms with Crippen molar-refractivity contribution in [3.05, 3.63) is 0 Å². The molecule has 1 aliphatic rings. The lowest BCUT2D eigenvalue weighted by molar-refractivity contribution is 0.0320. The lowest BCUT2D eigenvalue weighted by Crippen LogP contribution is -2.57. The highest BCUT2D eigenvalue weighted by Gasteiger charge is 2.30. The number of β-amino-alcohol motifs (C(OH)–C–C–N with tert-alkyl or cyclic N) is 1. The number of aliphatic hydroxyl groups excluding tert-OH is 1. The molecule has 0 bridgehead atoms. The van der Waals surface area contributed by atoms with Crippen LogP contribution in [-0.4, -0.2) is 60.3 Å². The molecule has 72 valence electrons. The highest BCUT2D eigenvalue weighted by atomic mass is 16.3. The van der Waals surface area contributed by atoms with Crippen molar-refractivity contribution >= 4 is 0 Å². The fraction of sp³-hybridized carbons (Fsp3) is 1.00. The number of piperazine rings is 1. The second-order valence-electron chi connectivity index (χ2n) is 4.23. The van der Waals surface area contributed by atoms with Gasteiger partial charge in [-0.1, -0.05) is 0 Å². The monoisotopic (exact) mass is 172 g/mol. The first-order valence-corrected chi connectivity index (χ1v) is 4.61. The number of hydrogen-bond acceptors (Lipinski definition) is 3. The van der Waals surface area contributed by atoms with E-state index in [1.54, 1.807) is 0 Å². The van der Waals surface area contributed by atoms with E-state index in [0.717, 1.165) is 26.2 Å². The number of rotatable bonds is 2. The van der Waals surface area contributed by atoms with E-state index in [9.17, 15) is 0 Å².